The molecule has 4 heteroatoms. The van der Waals surface area contributed by atoms with Gasteiger partial charge in [0.15, 0.2) is 0 Å². The molecule has 82 valence electrons. The highest BCUT2D eigenvalue weighted by molar-refractivity contribution is 6.30. The quantitative estimate of drug-likeness (QED) is 0.841. The Morgan fingerprint density at radius 1 is 1.40 bits per heavy atom. The van der Waals surface area contributed by atoms with Gasteiger partial charge in [0.05, 0.1) is 6.04 Å². The zero-order chi connectivity index (χ0) is 11.4. The Hall–Kier alpha value is -1.06. The van der Waals surface area contributed by atoms with E-state index in [1.807, 2.05) is 43.3 Å². The Bertz CT molecular complexity index is 335. The lowest BCUT2D eigenvalue weighted by atomic mass is 10.1. The largest absolute Gasteiger partial charge is 0.368 e. The van der Waals surface area contributed by atoms with Crippen LogP contribution in [0.1, 0.15) is 5.56 Å². The van der Waals surface area contributed by atoms with Gasteiger partial charge in [0.25, 0.3) is 0 Å². The lowest BCUT2D eigenvalue weighted by molar-refractivity contribution is -0.122. The van der Waals surface area contributed by atoms with Crippen LogP contribution in [0.25, 0.3) is 0 Å². The van der Waals surface area contributed by atoms with E-state index in [0.717, 1.165) is 5.56 Å². The van der Waals surface area contributed by atoms with E-state index in [1.165, 1.54) is 0 Å². The number of primary amides is 1. The number of amides is 1. The minimum absolute atomic E-state index is 0.272. The molecule has 1 rings (SSSR count). The van der Waals surface area contributed by atoms with Gasteiger partial charge in [-0.15, -0.1) is 0 Å². The van der Waals surface area contributed by atoms with Gasteiger partial charge in [0.2, 0.25) is 5.91 Å². The van der Waals surface area contributed by atoms with Crippen molar-refractivity contribution in [2.75, 3.05) is 14.1 Å². The zero-order valence-corrected chi connectivity index (χ0v) is 9.66. The maximum absolute atomic E-state index is 11.2. The number of hydrogen-bond acceptors (Lipinski definition) is 2. The summed E-state index contributed by atoms with van der Waals surface area (Å²) in [6, 6.07) is 7.16. The molecule has 0 aliphatic carbocycles. The summed E-state index contributed by atoms with van der Waals surface area (Å²) in [7, 11) is 3.68. The first-order valence-corrected chi connectivity index (χ1v) is 5.08. The van der Waals surface area contributed by atoms with Crippen LogP contribution < -0.4 is 5.73 Å². The minimum Gasteiger partial charge on any atom is -0.368 e. The SMILES string of the molecule is CN(C)[C@H](Cc1ccc(Cl)cc1)C(N)=O. The monoisotopic (exact) mass is 226 g/mol. The molecule has 2 N–H and O–H groups in total. The fraction of sp³-hybridized carbons (Fsp3) is 0.364. The smallest absolute Gasteiger partial charge is 0.235 e. The third kappa shape index (κ3) is 3.53. The summed E-state index contributed by atoms with van der Waals surface area (Å²) in [6.07, 6.45) is 0.611. The molecule has 0 fully saturated rings. The highest BCUT2D eigenvalue weighted by atomic mass is 35.5. The van der Waals surface area contributed by atoms with Crippen LogP contribution in [0.15, 0.2) is 24.3 Å². The van der Waals surface area contributed by atoms with Crippen molar-refractivity contribution in [2.45, 2.75) is 12.5 Å². The van der Waals surface area contributed by atoms with Gasteiger partial charge in [0.1, 0.15) is 0 Å². The van der Waals surface area contributed by atoms with E-state index in [0.29, 0.717) is 11.4 Å². The summed E-state index contributed by atoms with van der Waals surface area (Å²) in [5.74, 6) is -0.310. The molecule has 0 heterocycles. The van der Waals surface area contributed by atoms with E-state index in [1.54, 1.807) is 0 Å². The second-order valence-corrected chi connectivity index (χ2v) is 4.15. The normalized spacial score (nSPS) is 12.8. The Kier molecular flexibility index (Phi) is 4.12. The van der Waals surface area contributed by atoms with Gasteiger partial charge in [-0.3, -0.25) is 9.69 Å². The van der Waals surface area contributed by atoms with Crippen molar-refractivity contribution in [3.05, 3.63) is 34.9 Å². The molecular formula is C11H15ClN2O. The van der Waals surface area contributed by atoms with Crippen LogP contribution in [0.4, 0.5) is 0 Å². The predicted molar refractivity (Wildman–Crippen MR) is 61.8 cm³/mol. The minimum atomic E-state index is -0.310. The number of likely N-dealkylation sites (N-methyl/N-ethyl adjacent to an activating group) is 1. The number of nitrogens with two attached hydrogens (primary N) is 1. The first kappa shape index (κ1) is 12.0. The molecule has 0 saturated carbocycles. The number of benzene rings is 1. The van der Waals surface area contributed by atoms with Crippen LogP contribution in [0.5, 0.6) is 0 Å². The molecule has 1 amide bonds. The average molecular weight is 227 g/mol. The number of carbonyl (C=O) groups excluding carboxylic acids is 1. The van der Waals surface area contributed by atoms with E-state index in [-0.39, 0.29) is 11.9 Å². The van der Waals surface area contributed by atoms with E-state index in [4.69, 9.17) is 17.3 Å². The van der Waals surface area contributed by atoms with Gasteiger partial charge >= 0.3 is 0 Å². The van der Waals surface area contributed by atoms with E-state index in [2.05, 4.69) is 0 Å². The van der Waals surface area contributed by atoms with Gasteiger partial charge in [-0.05, 0) is 38.2 Å². The van der Waals surface area contributed by atoms with E-state index < -0.39 is 0 Å². The summed E-state index contributed by atoms with van der Waals surface area (Å²) < 4.78 is 0. The summed E-state index contributed by atoms with van der Waals surface area (Å²) in [4.78, 5) is 13.0. The van der Waals surface area contributed by atoms with Crippen molar-refractivity contribution in [3.63, 3.8) is 0 Å². The number of nitrogens with zero attached hydrogens (tertiary/aromatic N) is 1. The fourth-order valence-electron chi connectivity index (χ4n) is 1.38. The summed E-state index contributed by atoms with van der Waals surface area (Å²) in [6.45, 7) is 0. The highest BCUT2D eigenvalue weighted by Gasteiger charge is 2.17. The van der Waals surface area contributed by atoms with Crippen molar-refractivity contribution in [2.24, 2.45) is 5.73 Å². The lowest BCUT2D eigenvalue weighted by Crippen LogP contribution is -2.41. The van der Waals surface area contributed by atoms with Crippen LogP contribution in [0, 0.1) is 0 Å². The molecule has 1 aromatic carbocycles. The Morgan fingerprint density at radius 3 is 2.33 bits per heavy atom. The number of rotatable bonds is 4. The third-order valence-corrected chi connectivity index (χ3v) is 2.55. The van der Waals surface area contributed by atoms with Crippen molar-refractivity contribution in [1.82, 2.24) is 4.90 Å². The van der Waals surface area contributed by atoms with Crippen LogP contribution >= 0.6 is 11.6 Å². The molecule has 0 spiro atoms. The maximum atomic E-state index is 11.2. The third-order valence-electron chi connectivity index (χ3n) is 2.29. The number of carbonyl (C=O) groups is 1. The van der Waals surface area contributed by atoms with Crippen LogP contribution in [0.2, 0.25) is 5.02 Å². The van der Waals surface area contributed by atoms with Crippen molar-refractivity contribution in [1.29, 1.82) is 0 Å². The van der Waals surface area contributed by atoms with Gasteiger partial charge in [-0.1, -0.05) is 23.7 Å². The van der Waals surface area contributed by atoms with E-state index in [9.17, 15) is 4.79 Å². The van der Waals surface area contributed by atoms with Crippen LogP contribution in [-0.2, 0) is 11.2 Å². The summed E-state index contributed by atoms with van der Waals surface area (Å²) >= 11 is 5.77. The lowest BCUT2D eigenvalue weighted by Gasteiger charge is -2.20. The number of halogens is 1. The Morgan fingerprint density at radius 2 is 1.93 bits per heavy atom. The number of hydrogen-bond donors (Lipinski definition) is 1. The molecule has 1 atom stereocenters. The van der Waals surface area contributed by atoms with Crippen LogP contribution in [0.3, 0.4) is 0 Å². The van der Waals surface area contributed by atoms with Crippen molar-refractivity contribution in [3.8, 4) is 0 Å². The second-order valence-electron chi connectivity index (χ2n) is 3.71. The van der Waals surface area contributed by atoms with Gasteiger partial charge in [-0.25, -0.2) is 0 Å². The molecule has 0 radical (unpaired) electrons. The summed E-state index contributed by atoms with van der Waals surface area (Å²) in [5, 5.41) is 0.694. The molecule has 0 aliphatic rings. The molecular weight excluding hydrogens is 212 g/mol. The molecule has 0 aromatic heterocycles. The first-order valence-electron chi connectivity index (χ1n) is 4.71. The van der Waals surface area contributed by atoms with Gasteiger partial charge in [-0.2, -0.15) is 0 Å². The first-order chi connectivity index (χ1) is 7.00. The fourth-order valence-corrected chi connectivity index (χ4v) is 1.51. The molecule has 0 saturated heterocycles. The topological polar surface area (TPSA) is 46.3 Å². The van der Waals surface area contributed by atoms with Crippen LogP contribution in [-0.4, -0.2) is 30.9 Å². The molecule has 15 heavy (non-hydrogen) atoms. The maximum Gasteiger partial charge on any atom is 0.235 e. The molecule has 0 aliphatic heterocycles. The van der Waals surface area contributed by atoms with Crippen molar-refractivity contribution < 1.29 is 4.79 Å². The average Bonchev–Trinajstić information content (AvgIpc) is 2.15. The molecule has 0 bridgehead atoms. The van der Waals surface area contributed by atoms with Gasteiger partial charge in [0, 0.05) is 5.02 Å². The van der Waals surface area contributed by atoms with E-state index >= 15 is 0 Å². The zero-order valence-electron chi connectivity index (χ0n) is 8.90. The Labute approximate surface area is 94.8 Å². The second kappa shape index (κ2) is 5.14. The Balaban J connectivity index is 2.74. The summed E-state index contributed by atoms with van der Waals surface area (Å²) in [5.41, 5.74) is 6.36. The van der Waals surface area contributed by atoms with Gasteiger partial charge < -0.3 is 5.73 Å². The molecule has 0 unspecified atom stereocenters. The standard InChI is InChI=1S/C11H15ClN2O/c1-14(2)10(11(13)15)7-8-3-5-9(12)6-4-8/h3-6,10H,7H2,1-2H3,(H2,13,15)/t10-/m1/s1. The molecule has 1 aromatic rings. The highest BCUT2D eigenvalue weighted by Crippen LogP contribution is 2.12. The predicted octanol–water partition coefficient (Wildman–Crippen LogP) is 1.30. The van der Waals surface area contributed by atoms with Crippen molar-refractivity contribution >= 4 is 17.5 Å². The molecule has 3 nitrogen and oxygen atoms in total.